The molecule has 1 aliphatic heterocycles. The molecule has 1 saturated heterocycles. The van der Waals surface area contributed by atoms with E-state index in [-0.39, 0.29) is 5.56 Å². The summed E-state index contributed by atoms with van der Waals surface area (Å²) in [4.78, 5) is 72.8. The van der Waals surface area contributed by atoms with Crippen LogP contribution in [-0.4, -0.2) is 77.3 Å². The number of nitrogens with zero attached hydrogens (tertiary/aromatic N) is 1. The van der Waals surface area contributed by atoms with E-state index in [4.69, 9.17) is 19.4 Å². The van der Waals surface area contributed by atoms with Crippen molar-refractivity contribution in [2.75, 3.05) is 13.7 Å². The molecule has 2 heterocycles. The first-order valence-corrected chi connectivity index (χ1v) is 13.4. The number of carbonyl (C=O) groups is 1. The molecule has 198 valence electrons. The number of nitrogens with one attached hydrogen (secondary N) is 1. The lowest BCUT2D eigenvalue weighted by Crippen LogP contribution is -2.38. The zero-order valence-electron chi connectivity index (χ0n) is 17.2. The Morgan fingerprint density at radius 3 is 2.31 bits per heavy atom. The summed E-state index contributed by atoms with van der Waals surface area (Å²) in [5.74, 6) is -0.832. The van der Waals surface area contributed by atoms with Crippen molar-refractivity contribution >= 4 is 35.5 Å². The van der Waals surface area contributed by atoms with Crippen molar-refractivity contribution in [3.05, 3.63) is 38.7 Å². The highest BCUT2D eigenvalue weighted by molar-refractivity contribution is 7.66. The van der Waals surface area contributed by atoms with Crippen LogP contribution in [0.1, 0.15) is 11.8 Å². The van der Waals surface area contributed by atoms with Gasteiger partial charge in [0.25, 0.3) is 5.56 Å². The second-order valence-corrected chi connectivity index (χ2v) is 11.0. The molecule has 1 fully saturated rings. The molecule has 0 saturated carbocycles. The van der Waals surface area contributed by atoms with Gasteiger partial charge in [0.1, 0.15) is 18.3 Å². The molecule has 0 amide bonds. The van der Waals surface area contributed by atoms with Gasteiger partial charge >= 0.3 is 35.1 Å². The fourth-order valence-corrected chi connectivity index (χ4v) is 5.63. The maximum Gasteiger partial charge on any atom is 0.490 e. The second kappa shape index (κ2) is 11.1. The Hall–Kier alpha value is -1.82. The number of aromatic nitrogens is 2. The van der Waals surface area contributed by atoms with Crippen molar-refractivity contribution in [2.24, 2.45) is 0 Å². The zero-order valence-corrected chi connectivity index (χ0v) is 19.9. The fraction of sp³-hybridized carbons (Fsp3) is 0.462. The van der Waals surface area contributed by atoms with Crippen LogP contribution in [0.4, 0.5) is 0 Å². The molecule has 22 heteroatoms. The summed E-state index contributed by atoms with van der Waals surface area (Å²) >= 11 is 0. The molecule has 2 rings (SSSR count). The topological polar surface area (TPSA) is 291 Å². The molecule has 35 heavy (non-hydrogen) atoms. The third-order valence-electron chi connectivity index (χ3n) is 4.02. The quantitative estimate of drug-likeness (QED) is 0.0885. The number of aliphatic hydroxyl groups excluding tert-OH is 2. The predicted octanol–water partition coefficient (Wildman–Crippen LogP) is -2.31. The number of carbonyl (C=O) groups excluding carboxylic acids is 1. The van der Waals surface area contributed by atoms with Gasteiger partial charge in [-0.2, -0.15) is 8.62 Å². The van der Waals surface area contributed by atoms with Gasteiger partial charge < -0.3 is 39.3 Å². The number of hydrogen-bond donors (Lipinski definition) is 7. The highest BCUT2D eigenvalue weighted by Gasteiger charge is 2.46. The fourth-order valence-electron chi connectivity index (χ4n) is 2.60. The lowest BCUT2D eigenvalue weighted by atomic mass is 10.1. The molecule has 0 aromatic carbocycles. The minimum absolute atomic E-state index is 0.267. The standard InChI is InChI=1S/C13H19N2O17P3/c1-28-8(16)3-2-6-4-15(13(20)14-11(6)19)12-10(18)9(17)7(30-12)5-29-34(24,25)32-35(26,27)31-33(21,22)23/h2-4,7,9-10,12,17-18H,5H2,1H3,(H,24,25)(H,26,27)(H,14,19,20)(H2,21,22,23)/t7-,9+,10?,12-/m1/s1. The van der Waals surface area contributed by atoms with E-state index in [1.807, 2.05) is 4.98 Å². The lowest BCUT2D eigenvalue weighted by molar-refractivity contribution is -0.134. The second-order valence-electron chi connectivity index (χ2n) is 6.54. The van der Waals surface area contributed by atoms with Crippen LogP contribution in [0.2, 0.25) is 0 Å². The van der Waals surface area contributed by atoms with Gasteiger partial charge in [0, 0.05) is 12.3 Å². The highest BCUT2D eigenvalue weighted by atomic mass is 31.3. The molecule has 1 aromatic heterocycles. The smallest absolute Gasteiger partial charge is 0.466 e. The SMILES string of the molecule is COC(=O)C=Cc1cn([C@@H]2O[C@H](COP(=O)(O)OP(=O)(O)OP(=O)(O)O)[C@H](O)C2O)c(=O)[nH]c1=O. The number of H-pyrrole nitrogens is 1. The van der Waals surface area contributed by atoms with Gasteiger partial charge in [-0.15, -0.1) is 0 Å². The molecule has 1 aliphatic rings. The van der Waals surface area contributed by atoms with Gasteiger partial charge in [-0.1, -0.05) is 0 Å². The minimum Gasteiger partial charge on any atom is -0.466 e. The van der Waals surface area contributed by atoms with Gasteiger partial charge in [-0.3, -0.25) is 18.9 Å². The Kier molecular flexibility index (Phi) is 9.30. The maximum absolute atomic E-state index is 12.2. The average molecular weight is 568 g/mol. The zero-order chi connectivity index (χ0) is 26.8. The van der Waals surface area contributed by atoms with E-state index in [0.29, 0.717) is 4.57 Å². The summed E-state index contributed by atoms with van der Waals surface area (Å²) in [5, 5.41) is 20.4. The van der Waals surface area contributed by atoms with Gasteiger partial charge in [-0.05, 0) is 6.08 Å². The Labute approximate surface area is 193 Å². The third kappa shape index (κ3) is 8.37. The Balaban J connectivity index is 2.18. The lowest BCUT2D eigenvalue weighted by Gasteiger charge is -2.19. The van der Waals surface area contributed by atoms with E-state index in [1.54, 1.807) is 0 Å². The first-order valence-electron chi connectivity index (χ1n) is 8.86. The van der Waals surface area contributed by atoms with Crippen LogP contribution in [0.5, 0.6) is 0 Å². The van der Waals surface area contributed by atoms with Crippen LogP contribution < -0.4 is 11.2 Å². The van der Waals surface area contributed by atoms with Gasteiger partial charge in [0.05, 0.1) is 19.3 Å². The van der Waals surface area contributed by atoms with Crippen LogP contribution in [0.15, 0.2) is 21.9 Å². The number of ether oxygens (including phenoxy) is 2. The molecule has 0 bridgehead atoms. The molecular weight excluding hydrogens is 549 g/mol. The molecule has 1 aromatic rings. The van der Waals surface area contributed by atoms with Crippen molar-refractivity contribution in [3.8, 4) is 0 Å². The minimum atomic E-state index is -5.79. The maximum atomic E-state index is 12.2. The summed E-state index contributed by atoms with van der Waals surface area (Å²) in [5.41, 5.74) is -2.31. The number of esters is 1. The number of rotatable bonds is 10. The molecule has 0 radical (unpaired) electrons. The molecule has 3 unspecified atom stereocenters. The third-order valence-corrected chi connectivity index (χ3v) is 7.83. The van der Waals surface area contributed by atoms with E-state index in [9.17, 15) is 43.2 Å². The van der Waals surface area contributed by atoms with Crippen LogP contribution >= 0.6 is 23.5 Å². The number of hydrogen-bond acceptors (Lipinski definition) is 13. The van der Waals surface area contributed by atoms with E-state index < -0.39 is 71.8 Å². The predicted molar refractivity (Wildman–Crippen MR) is 108 cm³/mol. The normalized spacial score (nSPS) is 26.4. The monoisotopic (exact) mass is 568 g/mol. The van der Waals surface area contributed by atoms with Gasteiger partial charge in [0.2, 0.25) is 0 Å². The molecule has 7 N–H and O–H groups in total. The van der Waals surface area contributed by atoms with E-state index in [1.165, 1.54) is 0 Å². The number of methoxy groups -OCH3 is 1. The highest BCUT2D eigenvalue weighted by Crippen LogP contribution is 2.66. The summed E-state index contributed by atoms with van der Waals surface area (Å²) in [7, 11) is -15.9. The van der Waals surface area contributed by atoms with E-state index in [2.05, 4.69) is 17.9 Å². The average Bonchev–Trinajstić information content (AvgIpc) is 2.97. The van der Waals surface area contributed by atoms with E-state index in [0.717, 1.165) is 25.5 Å². The number of phosphoric ester groups is 1. The molecule has 6 atom stereocenters. The summed E-state index contributed by atoms with van der Waals surface area (Å²) in [6.07, 6.45) is -4.45. The van der Waals surface area contributed by atoms with Crippen molar-refractivity contribution in [1.82, 2.24) is 9.55 Å². The van der Waals surface area contributed by atoms with E-state index >= 15 is 0 Å². The molecule has 19 nitrogen and oxygen atoms in total. The van der Waals surface area contributed by atoms with Crippen LogP contribution in [0, 0.1) is 0 Å². The van der Waals surface area contributed by atoms with Crippen molar-refractivity contribution in [3.63, 3.8) is 0 Å². The van der Waals surface area contributed by atoms with Crippen LogP contribution in [-0.2, 0) is 41.1 Å². The number of aromatic amines is 1. The van der Waals surface area contributed by atoms with Crippen LogP contribution in [0.3, 0.4) is 0 Å². The largest absolute Gasteiger partial charge is 0.490 e. The van der Waals surface area contributed by atoms with Crippen LogP contribution in [0.25, 0.3) is 6.08 Å². The summed E-state index contributed by atoms with van der Waals surface area (Å²) < 4.78 is 55.4. The molecule has 0 spiro atoms. The molecular formula is C13H19N2O17P3. The van der Waals surface area contributed by atoms with Crippen molar-refractivity contribution < 1.29 is 70.9 Å². The Morgan fingerprint density at radius 2 is 1.74 bits per heavy atom. The summed E-state index contributed by atoms with van der Waals surface area (Å²) in [6.45, 7) is -1.12. The van der Waals surface area contributed by atoms with Gasteiger partial charge in [0.15, 0.2) is 6.23 Å². The Morgan fingerprint density at radius 1 is 1.11 bits per heavy atom. The Bertz CT molecular complexity index is 1230. The molecule has 0 aliphatic carbocycles. The van der Waals surface area contributed by atoms with Crippen molar-refractivity contribution in [2.45, 2.75) is 24.5 Å². The van der Waals surface area contributed by atoms with Gasteiger partial charge in [-0.25, -0.2) is 23.3 Å². The van der Waals surface area contributed by atoms with Crippen molar-refractivity contribution in [1.29, 1.82) is 0 Å². The number of phosphoric acid groups is 3. The summed E-state index contributed by atoms with van der Waals surface area (Å²) in [6, 6.07) is 0. The first-order chi connectivity index (χ1) is 15.9. The first kappa shape index (κ1) is 29.4. The number of aliphatic hydroxyl groups is 2.